The van der Waals surface area contributed by atoms with Gasteiger partial charge in [-0.2, -0.15) is 8.42 Å². The lowest BCUT2D eigenvalue weighted by molar-refractivity contribution is 0.483. The van der Waals surface area contributed by atoms with Crippen LogP contribution in [0.4, 0.5) is 5.69 Å². The first-order valence-electron chi connectivity index (χ1n) is 3.30. The van der Waals surface area contributed by atoms with E-state index in [1.807, 2.05) is 0 Å². The highest BCUT2D eigenvalue weighted by Gasteiger charge is 2.14. The van der Waals surface area contributed by atoms with Crippen LogP contribution in [0.5, 0.6) is 0 Å². The van der Waals surface area contributed by atoms with E-state index in [-0.39, 0.29) is 10.6 Å². The van der Waals surface area contributed by atoms with Gasteiger partial charge in [0, 0.05) is 0 Å². The molecule has 8 heteroatoms. The second kappa shape index (κ2) is 3.65. The van der Waals surface area contributed by atoms with Crippen molar-refractivity contribution in [2.45, 2.75) is 9.79 Å². The van der Waals surface area contributed by atoms with Gasteiger partial charge in [0.05, 0.1) is 10.6 Å². The fourth-order valence-electron chi connectivity index (χ4n) is 0.870. The van der Waals surface area contributed by atoms with Gasteiger partial charge in [-0.3, -0.25) is 4.55 Å². The van der Waals surface area contributed by atoms with Crippen LogP contribution in [0.2, 0.25) is 0 Å². The molecule has 0 radical (unpaired) electrons. The average Bonchev–Trinajstić information content (AvgIpc) is 2.01. The maximum absolute atomic E-state index is 10.7. The lowest BCUT2D eigenvalue weighted by Gasteiger charge is -2.02. The molecule has 0 spiro atoms. The van der Waals surface area contributed by atoms with Crippen molar-refractivity contribution in [3.05, 3.63) is 18.2 Å². The van der Waals surface area contributed by atoms with Crippen LogP contribution in [0.1, 0.15) is 0 Å². The van der Waals surface area contributed by atoms with E-state index in [0.29, 0.717) is 0 Å². The quantitative estimate of drug-likeness (QED) is 0.381. The Bertz CT molecular complexity index is 481. The number of hydrogen-bond acceptors (Lipinski definition) is 4. The predicted molar refractivity (Wildman–Crippen MR) is 49.7 cm³/mol. The molecule has 4 N–H and O–H groups in total. The van der Waals surface area contributed by atoms with Gasteiger partial charge >= 0.3 is 0 Å². The molecular formula is C6H7NO5S2. The van der Waals surface area contributed by atoms with Crippen molar-refractivity contribution in [3.8, 4) is 0 Å². The molecule has 14 heavy (non-hydrogen) atoms. The first kappa shape index (κ1) is 11.1. The van der Waals surface area contributed by atoms with Crippen molar-refractivity contribution in [1.82, 2.24) is 0 Å². The summed E-state index contributed by atoms with van der Waals surface area (Å²) in [4.78, 5) is -0.512. The van der Waals surface area contributed by atoms with Crippen molar-refractivity contribution < 1.29 is 21.7 Å². The molecule has 0 heterocycles. The monoisotopic (exact) mass is 237 g/mol. The van der Waals surface area contributed by atoms with Crippen molar-refractivity contribution in [1.29, 1.82) is 0 Å². The third kappa shape index (κ3) is 2.29. The smallest absolute Gasteiger partial charge is 0.296 e. The van der Waals surface area contributed by atoms with Crippen LogP contribution in [-0.2, 0) is 21.2 Å². The Labute approximate surface area is 82.8 Å². The van der Waals surface area contributed by atoms with Crippen LogP contribution in [0.3, 0.4) is 0 Å². The van der Waals surface area contributed by atoms with Crippen LogP contribution >= 0.6 is 0 Å². The molecule has 0 aliphatic heterocycles. The van der Waals surface area contributed by atoms with E-state index in [0.717, 1.165) is 18.2 Å². The molecule has 1 aromatic carbocycles. The van der Waals surface area contributed by atoms with E-state index >= 15 is 0 Å². The molecule has 0 saturated heterocycles. The Balaban J connectivity index is 3.35. The molecule has 1 aromatic rings. The molecule has 0 aliphatic rings. The Kier molecular flexibility index (Phi) is 2.90. The van der Waals surface area contributed by atoms with Crippen molar-refractivity contribution in [3.63, 3.8) is 0 Å². The summed E-state index contributed by atoms with van der Waals surface area (Å²) in [6.07, 6.45) is 0. The highest BCUT2D eigenvalue weighted by Crippen LogP contribution is 2.20. The van der Waals surface area contributed by atoms with Gasteiger partial charge in [-0.1, -0.05) is 0 Å². The standard InChI is InChI=1S/C6H7NO5S2/c7-5-3-4(13(8)9)1-2-6(5)14(10,11)12/h1-3H,7H2,(H,8,9)(H,10,11,12). The van der Waals surface area contributed by atoms with Crippen LogP contribution in [0, 0.1) is 0 Å². The van der Waals surface area contributed by atoms with Gasteiger partial charge in [0.15, 0.2) is 11.1 Å². The molecule has 1 atom stereocenters. The third-order valence-electron chi connectivity index (χ3n) is 1.46. The number of anilines is 1. The van der Waals surface area contributed by atoms with Gasteiger partial charge in [0.1, 0.15) is 4.90 Å². The predicted octanol–water partition coefficient (Wildman–Crippen LogP) is 0.0961. The summed E-state index contributed by atoms with van der Waals surface area (Å²) in [5, 5.41) is 0. The van der Waals surface area contributed by atoms with E-state index in [2.05, 4.69) is 0 Å². The van der Waals surface area contributed by atoms with Crippen LogP contribution in [0.25, 0.3) is 0 Å². The molecule has 0 fully saturated rings. The van der Waals surface area contributed by atoms with Crippen molar-refractivity contribution in [2.75, 3.05) is 5.73 Å². The fraction of sp³-hybridized carbons (Fsp3) is 0. The normalized spacial score (nSPS) is 13.9. The Hall–Kier alpha value is -0.960. The number of nitrogen functional groups attached to an aromatic ring is 1. The van der Waals surface area contributed by atoms with Crippen LogP contribution < -0.4 is 5.73 Å². The average molecular weight is 237 g/mol. The molecule has 1 rings (SSSR count). The van der Waals surface area contributed by atoms with Crippen LogP contribution in [0.15, 0.2) is 28.0 Å². The molecule has 6 nitrogen and oxygen atoms in total. The van der Waals surface area contributed by atoms with Gasteiger partial charge in [-0.25, -0.2) is 4.21 Å². The van der Waals surface area contributed by atoms with E-state index < -0.39 is 26.1 Å². The highest BCUT2D eigenvalue weighted by atomic mass is 32.2. The number of benzene rings is 1. The van der Waals surface area contributed by atoms with E-state index in [4.69, 9.17) is 14.8 Å². The number of rotatable bonds is 2. The maximum atomic E-state index is 10.7. The maximum Gasteiger partial charge on any atom is 0.296 e. The molecule has 78 valence electrons. The summed E-state index contributed by atoms with van der Waals surface area (Å²) < 4.78 is 49.2. The zero-order valence-electron chi connectivity index (χ0n) is 6.75. The van der Waals surface area contributed by atoms with Crippen molar-refractivity contribution in [2.24, 2.45) is 0 Å². The second-order valence-corrected chi connectivity index (χ2v) is 4.78. The summed E-state index contributed by atoms with van der Waals surface area (Å²) in [5.74, 6) is 0. The SMILES string of the molecule is Nc1cc(S(=O)O)ccc1S(=O)(=O)O. The molecule has 0 aliphatic carbocycles. The Morgan fingerprint density at radius 2 is 1.93 bits per heavy atom. The highest BCUT2D eigenvalue weighted by molar-refractivity contribution is 7.86. The number of hydrogen-bond donors (Lipinski definition) is 3. The Morgan fingerprint density at radius 1 is 1.36 bits per heavy atom. The number of nitrogens with two attached hydrogens (primary N) is 1. The van der Waals surface area contributed by atoms with Gasteiger partial charge < -0.3 is 10.3 Å². The molecule has 0 saturated carbocycles. The van der Waals surface area contributed by atoms with Gasteiger partial charge in [0.2, 0.25) is 0 Å². The van der Waals surface area contributed by atoms with E-state index in [1.54, 1.807) is 0 Å². The zero-order chi connectivity index (χ0) is 10.9. The zero-order valence-corrected chi connectivity index (χ0v) is 8.38. The minimum atomic E-state index is -4.38. The lowest BCUT2D eigenvalue weighted by Crippen LogP contribution is -2.04. The van der Waals surface area contributed by atoms with E-state index in [1.165, 1.54) is 0 Å². The molecular weight excluding hydrogens is 230 g/mol. The summed E-state index contributed by atoms with van der Waals surface area (Å²) >= 11 is -2.23. The fourth-order valence-corrected chi connectivity index (χ4v) is 1.88. The molecule has 0 amide bonds. The van der Waals surface area contributed by atoms with Gasteiger partial charge in [0.25, 0.3) is 10.1 Å². The summed E-state index contributed by atoms with van der Waals surface area (Å²) in [6, 6.07) is 3.07. The largest absolute Gasteiger partial charge is 0.398 e. The Morgan fingerprint density at radius 3 is 2.29 bits per heavy atom. The van der Waals surface area contributed by atoms with Gasteiger partial charge in [-0.05, 0) is 18.2 Å². The molecule has 0 aromatic heterocycles. The third-order valence-corrected chi connectivity index (χ3v) is 3.05. The molecule has 0 bridgehead atoms. The first-order chi connectivity index (χ1) is 6.32. The minimum Gasteiger partial charge on any atom is -0.398 e. The summed E-state index contributed by atoms with van der Waals surface area (Å²) in [7, 11) is -4.38. The van der Waals surface area contributed by atoms with Crippen LogP contribution in [-0.4, -0.2) is 21.7 Å². The minimum absolute atomic E-state index is 0.0325. The van der Waals surface area contributed by atoms with Gasteiger partial charge in [-0.15, -0.1) is 0 Å². The topological polar surface area (TPSA) is 118 Å². The second-order valence-electron chi connectivity index (χ2n) is 2.42. The lowest BCUT2D eigenvalue weighted by atomic mass is 10.3. The first-order valence-corrected chi connectivity index (χ1v) is 5.85. The molecule has 1 unspecified atom stereocenters. The summed E-state index contributed by atoms with van der Waals surface area (Å²) in [6.45, 7) is 0. The van der Waals surface area contributed by atoms with E-state index in [9.17, 15) is 12.6 Å². The summed E-state index contributed by atoms with van der Waals surface area (Å²) in [5.41, 5.74) is 4.99. The van der Waals surface area contributed by atoms with Crippen molar-refractivity contribution >= 4 is 26.9 Å².